The standard InChI is InChI=1S/C12H15NOS/c1-12(2,3)9-5-6-10(14-4)11(7-9)15-8-13/h5-7H,1-4H3. The van der Waals surface area contributed by atoms with Crippen LogP contribution in [0.1, 0.15) is 26.3 Å². The van der Waals surface area contributed by atoms with E-state index in [0.717, 1.165) is 22.4 Å². The van der Waals surface area contributed by atoms with E-state index in [0.29, 0.717) is 0 Å². The summed E-state index contributed by atoms with van der Waals surface area (Å²) in [6.07, 6.45) is 0. The molecule has 3 heteroatoms. The molecule has 15 heavy (non-hydrogen) atoms. The Morgan fingerprint density at radius 2 is 2.00 bits per heavy atom. The highest BCUT2D eigenvalue weighted by molar-refractivity contribution is 8.03. The molecule has 0 saturated carbocycles. The minimum Gasteiger partial charge on any atom is -0.496 e. The fourth-order valence-electron chi connectivity index (χ4n) is 1.27. The lowest BCUT2D eigenvalue weighted by Gasteiger charge is -2.20. The Labute approximate surface area is 95.3 Å². The molecule has 80 valence electrons. The van der Waals surface area contributed by atoms with Crippen LogP contribution in [0.15, 0.2) is 23.1 Å². The summed E-state index contributed by atoms with van der Waals surface area (Å²) in [6, 6.07) is 5.98. The average molecular weight is 221 g/mol. The van der Waals surface area contributed by atoms with E-state index in [1.165, 1.54) is 5.56 Å². The largest absolute Gasteiger partial charge is 0.496 e. The fourth-order valence-corrected chi connectivity index (χ4v) is 1.81. The molecule has 0 aromatic heterocycles. The number of hydrogen-bond donors (Lipinski definition) is 0. The lowest BCUT2D eigenvalue weighted by molar-refractivity contribution is 0.404. The third kappa shape index (κ3) is 2.90. The predicted octanol–water partition coefficient (Wildman–Crippen LogP) is 3.57. The van der Waals surface area contributed by atoms with Gasteiger partial charge in [-0.3, -0.25) is 0 Å². The molecule has 0 bridgehead atoms. The molecule has 0 N–H and O–H groups in total. The van der Waals surface area contributed by atoms with Gasteiger partial charge in [-0.05, 0) is 34.9 Å². The van der Waals surface area contributed by atoms with Crippen LogP contribution in [-0.4, -0.2) is 7.11 Å². The second-order valence-corrected chi connectivity index (χ2v) is 5.14. The van der Waals surface area contributed by atoms with Gasteiger partial charge in [0.15, 0.2) is 0 Å². The summed E-state index contributed by atoms with van der Waals surface area (Å²) in [5.74, 6) is 0.759. The number of thiocyanates is 1. The minimum atomic E-state index is 0.0943. The number of thioether (sulfide) groups is 1. The molecule has 2 nitrogen and oxygen atoms in total. The van der Waals surface area contributed by atoms with Gasteiger partial charge in [0, 0.05) is 0 Å². The van der Waals surface area contributed by atoms with Gasteiger partial charge in [0.05, 0.1) is 12.0 Å². The number of ether oxygens (including phenoxy) is 1. The van der Waals surface area contributed by atoms with E-state index in [4.69, 9.17) is 10.00 Å². The van der Waals surface area contributed by atoms with Crippen molar-refractivity contribution in [2.45, 2.75) is 31.1 Å². The van der Waals surface area contributed by atoms with Gasteiger partial charge in [-0.1, -0.05) is 26.8 Å². The maximum absolute atomic E-state index is 8.69. The Kier molecular flexibility index (Phi) is 3.65. The maximum Gasteiger partial charge on any atom is 0.138 e. The molecule has 1 aromatic carbocycles. The zero-order valence-corrected chi connectivity index (χ0v) is 10.3. The SMILES string of the molecule is COc1ccc(C(C)(C)C)cc1SC#N. The second kappa shape index (κ2) is 4.59. The van der Waals surface area contributed by atoms with Crippen molar-refractivity contribution in [3.8, 4) is 11.2 Å². The summed E-state index contributed by atoms with van der Waals surface area (Å²) >= 11 is 1.14. The van der Waals surface area contributed by atoms with Gasteiger partial charge < -0.3 is 4.74 Å². The summed E-state index contributed by atoms with van der Waals surface area (Å²) in [5.41, 5.74) is 1.30. The third-order valence-electron chi connectivity index (χ3n) is 2.19. The van der Waals surface area contributed by atoms with Crippen molar-refractivity contribution in [2.75, 3.05) is 7.11 Å². The van der Waals surface area contributed by atoms with Gasteiger partial charge in [-0.15, -0.1) is 0 Å². The minimum absolute atomic E-state index is 0.0943. The normalized spacial score (nSPS) is 10.9. The summed E-state index contributed by atoms with van der Waals surface area (Å²) in [5, 5.41) is 10.8. The van der Waals surface area contributed by atoms with Crippen molar-refractivity contribution in [1.29, 1.82) is 5.26 Å². The maximum atomic E-state index is 8.69. The Morgan fingerprint density at radius 3 is 2.47 bits per heavy atom. The molecule has 0 aliphatic heterocycles. The molecule has 0 radical (unpaired) electrons. The Bertz CT molecular complexity index is 388. The van der Waals surface area contributed by atoms with Gasteiger partial charge in [-0.2, -0.15) is 5.26 Å². The molecule has 0 aliphatic carbocycles. The van der Waals surface area contributed by atoms with E-state index >= 15 is 0 Å². The quantitative estimate of drug-likeness (QED) is 0.565. The lowest BCUT2D eigenvalue weighted by atomic mass is 9.87. The van der Waals surface area contributed by atoms with Gasteiger partial charge in [0.2, 0.25) is 0 Å². The molecule has 0 fully saturated rings. The van der Waals surface area contributed by atoms with Gasteiger partial charge in [0.1, 0.15) is 11.2 Å². The number of nitrogens with zero attached hydrogens (tertiary/aromatic N) is 1. The molecule has 0 unspecified atom stereocenters. The molecule has 1 rings (SSSR count). The summed E-state index contributed by atoms with van der Waals surface area (Å²) in [7, 11) is 1.62. The van der Waals surface area contributed by atoms with Crippen LogP contribution < -0.4 is 4.74 Å². The first kappa shape index (κ1) is 11.9. The molecular formula is C12H15NOS. The van der Waals surface area contributed by atoms with Crippen LogP contribution in [0.2, 0.25) is 0 Å². The third-order valence-corrected chi connectivity index (χ3v) is 2.82. The lowest BCUT2D eigenvalue weighted by Crippen LogP contribution is -2.10. The van der Waals surface area contributed by atoms with Crippen LogP contribution in [0, 0.1) is 10.7 Å². The molecule has 0 amide bonds. The zero-order valence-electron chi connectivity index (χ0n) is 9.50. The van der Waals surface area contributed by atoms with Crippen molar-refractivity contribution in [1.82, 2.24) is 0 Å². The van der Waals surface area contributed by atoms with Crippen LogP contribution in [0.25, 0.3) is 0 Å². The molecule has 1 aromatic rings. The number of methoxy groups -OCH3 is 1. The van der Waals surface area contributed by atoms with Crippen molar-refractivity contribution < 1.29 is 4.74 Å². The van der Waals surface area contributed by atoms with Gasteiger partial charge in [0.25, 0.3) is 0 Å². The van der Waals surface area contributed by atoms with Crippen LogP contribution >= 0.6 is 11.8 Å². The van der Waals surface area contributed by atoms with E-state index in [1.807, 2.05) is 18.2 Å². The smallest absolute Gasteiger partial charge is 0.138 e. The number of nitriles is 1. The Balaban J connectivity index is 3.17. The second-order valence-electron chi connectivity index (χ2n) is 4.31. The van der Waals surface area contributed by atoms with Gasteiger partial charge in [-0.25, -0.2) is 0 Å². The van der Waals surface area contributed by atoms with Crippen LogP contribution in [0.4, 0.5) is 0 Å². The van der Waals surface area contributed by atoms with Crippen molar-refractivity contribution >= 4 is 11.8 Å². The summed E-state index contributed by atoms with van der Waals surface area (Å²) < 4.78 is 5.19. The number of benzene rings is 1. The van der Waals surface area contributed by atoms with E-state index < -0.39 is 0 Å². The van der Waals surface area contributed by atoms with Crippen LogP contribution in [-0.2, 0) is 5.41 Å². The fraction of sp³-hybridized carbons (Fsp3) is 0.417. The average Bonchev–Trinajstić information content (AvgIpc) is 2.17. The Morgan fingerprint density at radius 1 is 1.33 bits per heavy atom. The van der Waals surface area contributed by atoms with E-state index in [2.05, 4.69) is 26.2 Å². The zero-order chi connectivity index (χ0) is 11.5. The number of hydrogen-bond acceptors (Lipinski definition) is 3. The van der Waals surface area contributed by atoms with Gasteiger partial charge >= 0.3 is 0 Å². The van der Waals surface area contributed by atoms with Crippen molar-refractivity contribution in [3.05, 3.63) is 23.8 Å². The monoisotopic (exact) mass is 221 g/mol. The molecule has 0 spiro atoms. The van der Waals surface area contributed by atoms with Crippen molar-refractivity contribution in [3.63, 3.8) is 0 Å². The van der Waals surface area contributed by atoms with Crippen LogP contribution in [0.3, 0.4) is 0 Å². The molecule has 0 aliphatic rings. The Hall–Kier alpha value is -1.14. The van der Waals surface area contributed by atoms with E-state index in [9.17, 15) is 0 Å². The summed E-state index contributed by atoms with van der Waals surface area (Å²) in [4.78, 5) is 0.882. The highest BCUT2D eigenvalue weighted by Gasteiger charge is 2.15. The topological polar surface area (TPSA) is 33.0 Å². The number of rotatable bonds is 2. The predicted molar refractivity (Wildman–Crippen MR) is 63.2 cm³/mol. The first-order valence-corrected chi connectivity index (χ1v) is 5.55. The molecular weight excluding hydrogens is 206 g/mol. The first-order valence-electron chi connectivity index (χ1n) is 4.73. The highest BCUT2D eigenvalue weighted by Crippen LogP contribution is 2.33. The highest BCUT2D eigenvalue weighted by atomic mass is 32.2. The summed E-state index contributed by atoms with van der Waals surface area (Å²) in [6.45, 7) is 6.45. The van der Waals surface area contributed by atoms with Crippen molar-refractivity contribution in [2.24, 2.45) is 0 Å². The molecule has 0 atom stereocenters. The molecule has 0 heterocycles. The van der Waals surface area contributed by atoms with Crippen LogP contribution in [0.5, 0.6) is 5.75 Å². The molecule has 0 saturated heterocycles. The van der Waals surface area contributed by atoms with E-state index in [1.54, 1.807) is 7.11 Å². The van der Waals surface area contributed by atoms with E-state index in [-0.39, 0.29) is 5.41 Å². The first-order chi connectivity index (χ1) is 6.99.